The first-order valence-corrected chi connectivity index (χ1v) is 6.75. The van der Waals surface area contributed by atoms with Crippen molar-refractivity contribution in [2.75, 3.05) is 0 Å². The molecule has 4 nitrogen and oxygen atoms in total. The van der Waals surface area contributed by atoms with Gasteiger partial charge in [0.2, 0.25) is 11.8 Å². The Kier molecular flexibility index (Phi) is 2.60. The summed E-state index contributed by atoms with van der Waals surface area (Å²) >= 11 is 0. The largest absolute Gasteiger partial charge is 0.352 e. The molecule has 3 fully saturated rings. The van der Waals surface area contributed by atoms with Crippen LogP contribution in [0, 0.1) is 17.8 Å². The van der Waals surface area contributed by atoms with Crippen LogP contribution in [-0.4, -0.2) is 23.9 Å². The molecule has 0 bridgehead atoms. The van der Waals surface area contributed by atoms with Gasteiger partial charge in [-0.25, -0.2) is 0 Å². The van der Waals surface area contributed by atoms with Crippen LogP contribution in [0.1, 0.15) is 39.0 Å². The van der Waals surface area contributed by atoms with E-state index in [-0.39, 0.29) is 29.8 Å². The normalized spacial score (nSPS) is 40.6. The number of rotatable bonds is 3. The summed E-state index contributed by atoms with van der Waals surface area (Å²) in [6.45, 7) is 1.97. The SMILES string of the molecule is CC1NC(=O)CCC1NC(=O)C1CC1C1CC1. The molecule has 2 N–H and O–H groups in total. The fourth-order valence-electron chi connectivity index (χ4n) is 3.01. The third kappa shape index (κ3) is 2.31. The van der Waals surface area contributed by atoms with Crippen LogP contribution in [0.4, 0.5) is 0 Å². The molecule has 1 aliphatic heterocycles. The first-order valence-electron chi connectivity index (χ1n) is 6.75. The number of hydrogen-bond donors (Lipinski definition) is 2. The molecule has 2 aliphatic carbocycles. The molecule has 2 saturated carbocycles. The summed E-state index contributed by atoms with van der Waals surface area (Å²) in [5, 5.41) is 6.00. The van der Waals surface area contributed by atoms with Gasteiger partial charge in [-0.3, -0.25) is 9.59 Å². The minimum Gasteiger partial charge on any atom is -0.352 e. The molecule has 4 heteroatoms. The number of carbonyl (C=O) groups excluding carboxylic acids is 2. The van der Waals surface area contributed by atoms with Gasteiger partial charge in [0.15, 0.2) is 0 Å². The number of piperidine rings is 1. The highest BCUT2D eigenvalue weighted by atomic mass is 16.2. The first kappa shape index (κ1) is 11.1. The van der Waals surface area contributed by atoms with Crippen molar-refractivity contribution < 1.29 is 9.59 Å². The van der Waals surface area contributed by atoms with E-state index < -0.39 is 0 Å². The summed E-state index contributed by atoms with van der Waals surface area (Å²) in [6, 6.07) is 0.193. The maximum atomic E-state index is 12.0. The Bertz CT molecular complexity index is 351. The monoisotopic (exact) mass is 236 g/mol. The summed E-state index contributed by atoms with van der Waals surface area (Å²) in [6.07, 6.45) is 5.05. The van der Waals surface area contributed by atoms with E-state index in [1.165, 1.54) is 12.8 Å². The van der Waals surface area contributed by atoms with E-state index in [9.17, 15) is 9.59 Å². The van der Waals surface area contributed by atoms with Gasteiger partial charge in [-0.05, 0) is 44.4 Å². The van der Waals surface area contributed by atoms with Gasteiger partial charge in [-0.1, -0.05) is 0 Å². The molecule has 17 heavy (non-hydrogen) atoms. The van der Waals surface area contributed by atoms with Crippen molar-refractivity contribution in [3.8, 4) is 0 Å². The summed E-state index contributed by atoms with van der Waals surface area (Å²) in [7, 11) is 0. The van der Waals surface area contributed by atoms with Crippen LogP contribution in [0.5, 0.6) is 0 Å². The molecule has 0 radical (unpaired) electrons. The zero-order valence-electron chi connectivity index (χ0n) is 10.2. The fourth-order valence-corrected chi connectivity index (χ4v) is 3.01. The van der Waals surface area contributed by atoms with Crippen LogP contribution in [0.2, 0.25) is 0 Å². The highest BCUT2D eigenvalue weighted by molar-refractivity contribution is 5.83. The lowest BCUT2D eigenvalue weighted by Gasteiger charge is -2.30. The number of hydrogen-bond acceptors (Lipinski definition) is 2. The number of carbonyl (C=O) groups is 2. The molecule has 0 aromatic heterocycles. The molecular formula is C13H20N2O2. The highest BCUT2D eigenvalue weighted by Gasteiger charge is 2.51. The van der Waals surface area contributed by atoms with E-state index in [1.54, 1.807) is 0 Å². The Hall–Kier alpha value is -1.06. The van der Waals surface area contributed by atoms with Gasteiger partial charge in [0.1, 0.15) is 0 Å². The van der Waals surface area contributed by atoms with Gasteiger partial charge in [-0.15, -0.1) is 0 Å². The molecular weight excluding hydrogens is 216 g/mol. The minimum absolute atomic E-state index is 0.0679. The molecule has 94 valence electrons. The second-order valence-electron chi connectivity index (χ2n) is 5.85. The van der Waals surface area contributed by atoms with Crippen molar-refractivity contribution in [1.82, 2.24) is 10.6 Å². The van der Waals surface area contributed by atoms with E-state index in [2.05, 4.69) is 10.6 Å². The molecule has 4 atom stereocenters. The summed E-state index contributed by atoms with van der Waals surface area (Å²) in [5.41, 5.74) is 0. The molecule has 0 aromatic rings. The lowest BCUT2D eigenvalue weighted by atomic mass is 9.99. The molecule has 4 unspecified atom stereocenters. The second-order valence-corrected chi connectivity index (χ2v) is 5.85. The van der Waals surface area contributed by atoms with Gasteiger partial charge in [0, 0.05) is 24.4 Å². The van der Waals surface area contributed by atoms with Crippen LogP contribution in [-0.2, 0) is 9.59 Å². The Labute approximate surface area is 102 Å². The summed E-state index contributed by atoms with van der Waals surface area (Å²) in [4.78, 5) is 23.2. The zero-order chi connectivity index (χ0) is 12.0. The fraction of sp³-hybridized carbons (Fsp3) is 0.846. The van der Waals surface area contributed by atoms with E-state index in [1.807, 2.05) is 6.92 Å². The van der Waals surface area contributed by atoms with Crippen LogP contribution < -0.4 is 10.6 Å². The molecule has 1 heterocycles. The smallest absolute Gasteiger partial charge is 0.223 e. The quantitative estimate of drug-likeness (QED) is 0.762. The van der Waals surface area contributed by atoms with Crippen molar-refractivity contribution in [3.05, 3.63) is 0 Å². The lowest BCUT2D eigenvalue weighted by Crippen LogP contribution is -2.54. The zero-order valence-corrected chi connectivity index (χ0v) is 10.2. The first-order chi connectivity index (χ1) is 8.15. The molecule has 2 amide bonds. The number of nitrogens with one attached hydrogen (secondary N) is 2. The standard InChI is InChI=1S/C13H20N2O2/c1-7-11(4-5-12(16)14-7)15-13(17)10-6-9(10)8-2-3-8/h7-11H,2-6H2,1H3,(H,14,16)(H,15,17). The molecule has 3 aliphatic rings. The minimum atomic E-state index is 0.0679. The van der Waals surface area contributed by atoms with E-state index in [0.29, 0.717) is 12.3 Å². The van der Waals surface area contributed by atoms with Crippen LogP contribution in [0.15, 0.2) is 0 Å². The van der Waals surface area contributed by atoms with Gasteiger partial charge >= 0.3 is 0 Å². The van der Waals surface area contributed by atoms with Gasteiger partial charge in [0.05, 0.1) is 0 Å². The molecule has 3 rings (SSSR count). The summed E-state index contributed by atoms with van der Waals surface area (Å²) in [5.74, 6) is 2.10. The third-order valence-electron chi connectivity index (χ3n) is 4.41. The van der Waals surface area contributed by atoms with Gasteiger partial charge < -0.3 is 10.6 Å². The highest BCUT2D eigenvalue weighted by Crippen LogP contribution is 2.54. The Morgan fingerprint density at radius 3 is 2.76 bits per heavy atom. The van der Waals surface area contributed by atoms with Crippen molar-refractivity contribution >= 4 is 11.8 Å². The van der Waals surface area contributed by atoms with Crippen molar-refractivity contribution in [3.63, 3.8) is 0 Å². The van der Waals surface area contributed by atoms with Crippen LogP contribution >= 0.6 is 0 Å². The lowest BCUT2D eigenvalue weighted by molar-refractivity contribution is -0.127. The molecule has 1 saturated heterocycles. The Morgan fingerprint density at radius 2 is 2.12 bits per heavy atom. The Morgan fingerprint density at radius 1 is 1.35 bits per heavy atom. The van der Waals surface area contributed by atoms with Gasteiger partial charge in [0.25, 0.3) is 0 Å². The van der Waals surface area contributed by atoms with Crippen LogP contribution in [0.3, 0.4) is 0 Å². The van der Waals surface area contributed by atoms with Crippen LogP contribution in [0.25, 0.3) is 0 Å². The average Bonchev–Trinajstić information content (AvgIpc) is 3.15. The summed E-state index contributed by atoms with van der Waals surface area (Å²) < 4.78 is 0. The van der Waals surface area contributed by atoms with E-state index in [4.69, 9.17) is 0 Å². The maximum absolute atomic E-state index is 12.0. The number of amides is 2. The predicted octanol–water partition coefficient (Wildman–Crippen LogP) is 0.816. The maximum Gasteiger partial charge on any atom is 0.223 e. The topological polar surface area (TPSA) is 58.2 Å². The van der Waals surface area contributed by atoms with Crippen molar-refractivity contribution in [1.29, 1.82) is 0 Å². The van der Waals surface area contributed by atoms with Crippen molar-refractivity contribution in [2.24, 2.45) is 17.8 Å². The molecule has 0 aromatic carbocycles. The van der Waals surface area contributed by atoms with Gasteiger partial charge in [-0.2, -0.15) is 0 Å². The molecule has 0 spiro atoms. The van der Waals surface area contributed by atoms with Crippen molar-refractivity contribution in [2.45, 2.75) is 51.1 Å². The predicted molar refractivity (Wildman–Crippen MR) is 63.1 cm³/mol. The second kappa shape index (κ2) is 4.00. The van der Waals surface area contributed by atoms with E-state index in [0.717, 1.165) is 18.8 Å². The third-order valence-corrected chi connectivity index (χ3v) is 4.41. The Balaban J connectivity index is 1.49. The average molecular weight is 236 g/mol. The van der Waals surface area contributed by atoms with E-state index >= 15 is 0 Å².